The van der Waals surface area contributed by atoms with E-state index in [9.17, 15) is 9.59 Å². The molecule has 7 nitrogen and oxygen atoms in total. The van der Waals surface area contributed by atoms with Gasteiger partial charge in [0.1, 0.15) is 11.1 Å². The van der Waals surface area contributed by atoms with E-state index >= 15 is 0 Å². The van der Waals surface area contributed by atoms with Gasteiger partial charge in [-0.3, -0.25) is 4.79 Å². The van der Waals surface area contributed by atoms with Crippen LogP contribution in [0.3, 0.4) is 0 Å². The molecule has 7 heteroatoms. The van der Waals surface area contributed by atoms with Crippen LogP contribution in [0, 0.1) is 0 Å². The zero-order valence-corrected chi connectivity index (χ0v) is 15.0. The third-order valence-electron chi connectivity index (χ3n) is 4.44. The van der Waals surface area contributed by atoms with Crippen LogP contribution in [0.5, 0.6) is 0 Å². The number of rotatable bonds is 3. The average Bonchev–Trinajstić information content (AvgIpc) is 3.18. The third-order valence-corrected chi connectivity index (χ3v) is 4.44. The van der Waals surface area contributed by atoms with E-state index in [2.05, 4.69) is 15.3 Å². The first kappa shape index (κ1) is 16.9. The fourth-order valence-corrected chi connectivity index (χ4v) is 3.01. The number of oxazole rings is 1. The summed E-state index contributed by atoms with van der Waals surface area (Å²) in [6.07, 6.45) is 1.65. The van der Waals surface area contributed by atoms with Crippen molar-refractivity contribution in [1.29, 1.82) is 0 Å². The maximum absolute atomic E-state index is 12.5. The van der Waals surface area contributed by atoms with E-state index in [0.29, 0.717) is 33.8 Å². The van der Waals surface area contributed by atoms with Crippen molar-refractivity contribution in [1.82, 2.24) is 9.97 Å². The molecule has 0 aliphatic carbocycles. The van der Waals surface area contributed by atoms with Crippen molar-refractivity contribution in [2.24, 2.45) is 0 Å². The number of amides is 1. The fraction of sp³-hybridized carbons (Fsp3) is 0. The maximum atomic E-state index is 12.5. The van der Waals surface area contributed by atoms with Crippen LogP contribution >= 0.6 is 0 Å². The summed E-state index contributed by atoms with van der Waals surface area (Å²) in [7, 11) is 0. The van der Waals surface area contributed by atoms with Crippen LogP contribution in [-0.4, -0.2) is 15.9 Å². The predicted molar refractivity (Wildman–Crippen MR) is 108 cm³/mol. The van der Waals surface area contributed by atoms with Crippen LogP contribution in [0.1, 0.15) is 10.4 Å². The standard InChI is InChI=1S/C22H13N3O4/c26-20(16-12-14-4-1-2-5-17(14)29-22(16)27)24-15-9-7-13(8-10-15)21-25-19-18(28-21)6-3-11-23-19/h1-12H,(H,24,26). The third kappa shape index (κ3) is 3.14. The molecule has 0 atom stereocenters. The number of carbonyl (C=O) groups excluding carboxylic acids is 1. The number of hydrogen-bond acceptors (Lipinski definition) is 6. The van der Waals surface area contributed by atoms with Crippen molar-refractivity contribution < 1.29 is 13.6 Å². The van der Waals surface area contributed by atoms with Gasteiger partial charge in [0, 0.05) is 22.8 Å². The van der Waals surface area contributed by atoms with Gasteiger partial charge in [0.15, 0.2) is 11.2 Å². The zero-order chi connectivity index (χ0) is 19.8. The molecule has 5 aromatic rings. The van der Waals surface area contributed by atoms with Gasteiger partial charge in [0.05, 0.1) is 0 Å². The highest BCUT2D eigenvalue weighted by Crippen LogP contribution is 2.24. The highest BCUT2D eigenvalue weighted by atomic mass is 16.4. The summed E-state index contributed by atoms with van der Waals surface area (Å²) in [5.74, 6) is -0.102. The lowest BCUT2D eigenvalue weighted by molar-refractivity contribution is 0.102. The second-order valence-electron chi connectivity index (χ2n) is 6.36. The number of nitrogens with one attached hydrogen (secondary N) is 1. The molecule has 0 spiro atoms. The van der Waals surface area contributed by atoms with E-state index in [4.69, 9.17) is 8.83 Å². The van der Waals surface area contributed by atoms with E-state index in [-0.39, 0.29) is 5.56 Å². The van der Waals surface area contributed by atoms with E-state index < -0.39 is 11.5 Å². The molecule has 1 amide bonds. The van der Waals surface area contributed by atoms with Gasteiger partial charge >= 0.3 is 5.63 Å². The Labute approximate surface area is 163 Å². The molecule has 0 fully saturated rings. The second-order valence-corrected chi connectivity index (χ2v) is 6.36. The van der Waals surface area contributed by atoms with Gasteiger partial charge in [0.25, 0.3) is 5.91 Å². The Balaban J connectivity index is 1.40. The number of anilines is 1. The van der Waals surface area contributed by atoms with Crippen molar-refractivity contribution in [3.8, 4) is 11.5 Å². The molecular formula is C22H13N3O4. The molecule has 1 N–H and O–H groups in total. The van der Waals surface area contributed by atoms with Crippen molar-refractivity contribution >= 4 is 33.8 Å². The number of para-hydroxylation sites is 1. The monoisotopic (exact) mass is 383 g/mol. The molecule has 140 valence electrons. The van der Waals surface area contributed by atoms with Gasteiger partial charge in [-0.15, -0.1) is 0 Å². The lowest BCUT2D eigenvalue weighted by atomic mass is 10.1. The molecule has 3 aromatic heterocycles. The molecule has 29 heavy (non-hydrogen) atoms. The summed E-state index contributed by atoms with van der Waals surface area (Å²) in [6, 6.07) is 19.1. The lowest BCUT2D eigenvalue weighted by Crippen LogP contribution is -2.20. The number of nitrogens with zero attached hydrogens (tertiary/aromatic N) is 2. The number of benzene rings is 2. The first-order valence-electron chi connectivity index (χ1n) is 8.84. The highest BCUT2D eigenvalue weighted by molar-refractivity contribution is 6.05. The number of hydrogen-bond donors (Lipinski definition) is 1. The van der Waals surface area contributed by atoms with E-state index in [1.165, 1.54) is 6.07 Å². The molecule has 2 aromatic carbocycles. The molecule has 5 rings (SSSR count). The Morgan fingerprint density at radius 1 is 0.897 bits per heavy atom. The fourth-order valence-electron chi connectivity index (χ4n) is 3.01. The molecule has 0 aliphatic rings. The Morgan fingerprint density at radius 3 is 2.52 bits per heavy atom. The Kier molecular flexibility index (Phi) is 3.91. The van der Waals surface area contributed by atoms with Gasteiger partial charge in [0.2, 0.25) is 5.89 Å². The van der Waals surface area contributed by atoms with E-state index in [1.807, 2.05) is 6.07 Å². The summed E-state index contributed by atoms with van der Waals surface area (Å²) >= 11 is 0. The van der Waals surface area contributed by atoms with E-state index in [0.717, 1.165) is 5.56 Å². The second kappa shape index (κ2) is 6.72. The summed E-state index contributed by atoms with van der Waals surface area (Å²) in [6.45, 7) is 0. The van der Waals surface area contributed by atoms with Crippen LogP contribution in [-0.2, 0) is 0 Å². The minimum atomic E-state index is -0.684. The number of pyridine rings is 1. The maximum Gasteiger partial charge on any atom is 0.349 e. The van der Waals surface area contributed by atoms with Crippen molar-refractivity contribution in [3.05, 3.63) is 88.9 Å². The molecule has 0 saturated heterocycles. The number of fused-ring (bicyclic) bond motifs is 2. The largest absolute Gasteiger partial charge is 0.434 e. The lowest BCUT2D eigenvalue weighted by Gasteiger charge is -2.06. The topological polar surface area (TPSA) is 98.2 Å². The highest BCUT2D eigenvalue weighted by Gasteiger charge is 2.14. The van der Waals surface area contributed by atoms with Crippen LogP contribution in [0.4, 0.5) is 5.69 Å². The quantitative estimate of drug-likeness (QED) is 0.468. The summed E-state index contributed by atoms with van der Waals surface area (Å²) < 4.78 is 10.9. The van der Waals surface area contributed by atoms with Gasteiger partial charge in [-0.1, -0.05) is 18.2 Å². The first-order valence-corrected chi connectivity index (χ1v) is 8.84. The normalized spacial score (nSPS) is 11.0. The molecule has 0 aliphatic heterocycles. The number of carbonyl (C=O) groups is 1. The van der Waals surface area contributed by atoms with Gasteiger partial charge in [-0.05, 0) is 48.5 Å². The molecule has 0 radical (unpaired) electrons. The first-order chi connectivity index (χ1) is 14.2. The minimum Gasteiger partial charge on any atom is -0.434 e. The average molecular weight is 383 g/mol. The molecule has 3 heterocycles. The molecular weight excluding hydrogens is 370 g/mol. The smallest absolute Gasteiger partial charge is 0.349 e. The van der Waals surface area contributed by atoms with Crippen LogP contribution in [0.2, 0.25) is 0 Å². The minimum absolute atomic E-state index is 0.0576. The van der Waals surface area contributed by atoms with Gasteiger partial charge in [-0.2, -0.15) is 4.98 Å². The summed E-state index contributed by atoms with van der Waals surface area (Å²) in [5.41, 5.74) is 2.10. The van der Waals surface area contributed by atoms with Gasteiger partial charge < -0.3 is 14.2 Å². The van der Waals surface area contributed by atoms with Crippen molar-refractivity contribution in [2.75, 3.05) is 5.32 Å². The van der Waals surface area contributed by atoms with Crippen molar-refractivity contribution in [2.45, 2.75) is 0 Å². The number of aromatic nitrogens is 2. The SMILES string of the molecule is O=C(Nc1ccc(-c2nc3ncccc3o2)cc1)c1cc2ccccc2oc1=O. The summed E-state index contributed by atoms with van der Waals surface area (Å²) in [4.78, 5) is 33.2. The summed E-state index contributed by atoms with van der Waals surface area (Å²) in [5, 5.41) is 3.38. The molecule has 0 bridgehead atoms. The zero-order valence-electron chi connectivity index (χ0n) is 15.0. The molecule has 0 saturated carbocycles. The molecule has 0 unspecified atom stereocenters. The predicted octanol–water partition coefficient (Wildman–Crippen LogP) is 4.25. The van der Waals surface area contributed by atoms with Crippen molar-refractivity contribution in [3.63, 3.8) is 0 Å². The van der Waals surface area contributed by atoms with E-state index in [1.54, 1.807) is 60.8 Å². The Bertz CT molecular complexity index is 1380. The Morgan fingerprint density at radius 2 is 1.69 bits per heavy atom. The van der Waals surface area contributed by atoms with Crippen LogP contribution < -0.4 is 10.9 Å². The van der Waals surface area contributed by atoms with Crippen LogP contribution in [0.15, 0.2) is 86.6 Å². The van der Waals surface area contributed by atoms with Gasteiger partial charge in [-0.25, -0.2) is 9.78 Å². The van der Waals surface area contributed by atoms with Crippen LogP contribution in [0.25, 0.3) is 33.7 Å². The Hall–Kier alpha value is -4.26.